The fraction of sp³-hybridized carbons (Fsp3) is 0.727. The molecule has 1 atom stereocenters. The van der Waals surface area contributed by atoms with Gasteiger partial charge in [0.2, 0.25) is 0 Å². The minimum atomic E-state index is -2.52. The van der Waals surface area contributed by atoms with E-state index in [0.717, 1.165) is 31.6 Å². The Morgan fingerprint density at radius 1 is 1.56 bits per heavy atom. The molecule has 0 fully saturated rings. The Morgan fingerprint density at radius 3 is 2.94 bits per heavy atom. The maximum Gasteiger partial charge on any atom is 0.256 e. The Balaban J connectivity index is 2.13. The lowest BCUT2D eigenvalue weighted by molar-refractivity contribution is 0.0634. The zero-order valence-electron chi connectivity index (χ0n) is 9.42. The third-order valence-corrected chi connectivity index (χ3v) is 3.02. The molecule has 0 saturated carbocycles. The van der Waals surface area contributed by atoms with Gasteiger partial charge < -0.3 is 10.3 Å². The standard InChI is InChI=1S/C11H17F2N3/c1-11(14,10(12)13)6-8-7-16-5-3-2-4-9(16)15-8/h7,10H,2-6,14H2,1H3. The van der Waals surface area contributed by atoms with Gasteiger partial charge >= 0.3 is 0 Å². The summed E-state index contributed by atoms with van der Waals surface area (Å²) in [5, 5.41) is 0. The smallest absolute Gasteiger partial charge is 0.256 e. The highest BCUT2D eigenvalue weighted by molar-refractivity contribution is 5.10. The summed E-state index contributed by atoms with van der Waals surface area (Å²) in [6.45, 7) is 2.31. The van der Waals surface area contributed by atoms with Gasteiger partial charge in [-0.3, -0.25) is 0 Å². The molecular formula is C11H17F2N3. The Bertz CT molecular complexity index is 348. The van der Waals surface area contributed by atoms with Crippen LogP contribution in [0.25, 0.3) is 0 Å². The van der Waals surface area contributed by atoms with Crippen molar-refractivity contribution in [2.45, 2.75) is 51.1 Å². The second kappa shape index (κ2) is 4.13. The van der Waals surface area contributed by atoms with Crippen LogP contribution in [0.2, 0.25) is 0 Å². The highest BCUT2D eigenvalue weighted by Crippen LogP contribution is 2.20. The van der Waals surface area contributed by atoms with E-state index in [-0.39, 0.29) is 6.42 Å². The monoisotopic (exact) mass is 229 g/mol. The van der Waals surface area contributed by atoms with Crippen LogP contribution in [-0.4, -0.2) is 21.5 Å². The number of alkyl halides is 2. The fourth-order valence-corrected chi connectivity index (χ4v) is 2.02. The summed E-state index contributed by atoms with van der Waals surface area (Å²) in [5.74, 6) is 1.01. The van der Waals surface area contributed by atoms with Crippen LogP contribution in [0, 0.1) is 0 Å². The summed E-state index contributed by atoms with van der Waals surface area (Å²) < 4.78 is 27.3. The van der Waals surface area contributed by atoms with Crippen LogP contribution in [0.15, 0.2) is 6.20 Å². The van der Waals surface area contributed by atoms with Gasteiger partial charge in [0, 0.05) is 25.6 Å². The largest absolute Gasteiger partial charge is 0.335 e. The molecule has 16 heavy (non-hydrogen) atoms. The molecule has 2 rings (SSSR count). The molecule has 5 heteroatoms. The van der Waals surface area contributed by atoms with E-state index in [0.29, 0.717) is 5.69 Å². The van der Waals surface area contributed by atoms with Crippen LogP contribution < -0.4 is 5.73 Å². The third kappa shape index (κ3) is 2.24. The van der Waals surface area contributed by atoms with Crippen LogP contribution in [0.4, 0.5) is 8.78 Å². The lowest BCUT2D eigenvalue weighted by Gasteiger charge is -2.21. The highest BCUT2D eigenvalue weighted by atomic mass is 19.3. The lowest BCUT2D eigenvalue weighted by Crippen LogP contribution is -2.45. The van der Waals surface area contributed by atoms with E-state index in [1.807, 2.05) is 6.20 Å². The Labute approximate surface area is 93.7 Å². The number of nitrogens with zero attached hydrogens (tertiary/aromatic N) is 2. The van der Waals surface area contributed by atoms with Crippen LogP contribution in [0.1, 0.15) is 31.3 Å². The van der Waals surface area contributed by atoms with Gasteiger partial charge in [-0.2, -0.15) is 0 Å². The van der Waals surface area contributed by atoms with Crippen molar-refractivity contribution in [1.82, 2.24) is 9.55 Å². The number of fused-ring (bicyclic) bond motifs is 1. The summed E-state index contributed by atoms with van der Waals surface area (Å²) >= 11 is 0. The van der Waals surface area contributed by atoms with E-state index in [1.165, 1.54) is 6.92 Å². The van der Waals surface area contributed by atoms with E-state index in [4.69, 9.17) is 5.73 Å². The first-order chi connectivity index (χ1) is 7.49. The quantitative estimate of drug-likeness (QED) is 0.858. The van der Waals surface area contributed by atoms with Crippen LogP contribution in [0.3, 0.4) is 0 Å². The Hall–Kier alpha value is -0.970. The topological polar surface area (TPSA) is 43.8 Å². The molecule has 0 saturated heterocycles. The molecule has 0 spiro atoms. The minimum Gasteiger partial charge on any atom is -0.335 e. The number of halogens is 2. The van der Waals surface area contributed by atoms with Crippen molar-refractivity contribution in [1.29, 1.82) is 0 Å². The van der Waals surface area contributed by atoms with Gasteiger partial charge in [-0.05, 0) is 19.8 Å². The predicted molar refractivity (Wildman–Crippen MR) is 57.5 cm³/mol. The molecule has 0 bridgehead atoms. The maximum absolute atomic E-state index is 12.6. The minimum absolute atomic E-state index is 0.130. The van der Waals surface area contributed by atoms with Crippen LogP contribution in [0.5, 0.6) is 0 Å². The van der Waals surface area contributed by atoms with Crippen molar-refractivity contribution >= 4 is 0 Å². The van der Waals surface area contributed by atoms with Gasteiger partial charge in [0.05, 0.1) is 11.2 Å². The van der Waals surface area contributed by atoms with Crippen molar-refractivity contribution in [2.24, 2.45) is 5.73 Å². The van der Waals surface area contributed by atoms with Crippen LogP contribution in [-0.2, 0) is 19.4 Å². The average Bonchev–Trinajstić information content (AvgIpc) is 2.58. The number of imidazole rings is 1. The molecule has 0 radical (unpaired) electrons. The number of aryl methyl sites for hydroxylation is 2. The van der Waals surface area contributed by atoms with Crippen molar-refractivity contribution in [3.05, 3.63) is 17.7 Å². The van der Waals surface area contributed by atoms with E-state index in [9.17, 15) is 8.78 Å². The lowest BCUT2D eigenvalue weighted by atomic mass is 9.98. The summed E-state index contributed by atoms with van der Waals surface area (Å²) in [6.07, 6.45) is 2.68. The average molecular weight is 229 g/mol. The van der Waals surface area contributed by atoms with Crippen molar-refractivity contribution in [3.63, 3.8) is 0 Å². The molecule has 1 aromatic rings. The van der Waals surface area contributed by atoms with E-state index in [2.05, 4.69) is 9.55 Å². The first kappa shape index (κ1) is 11.5. The zero-order valence-corrected chi connectivity index (χ0v) is 9.42. The molecule has 2 heterocycles. The van der Waals surface area contributed by atoms with Crippen molar-refractivity contribution < 1.29 is 8.78 Å². The third-order valence-electron chi connectivity index (χ3n) is 3.02. The normalized spacial score (nSPS) is 19.6. The molecule has 0 aliphatic carbocycles. The number of nitrogens with two attached hydrogens (primary N) is 1. The number of hydrogen-bond acceptors (Lipinski definition) is 2. The SMILES string of the molecule is CC(N)(Cc1cn2c(n1)CCCC2)C(F)F. The molecule has 3 nitrogen and oxygen atoms in total. The first-order valence-corrected chi connectivity index (χ1v) is 5.61. The molecule has 2 N–H and O–H groups in total. The van der Waals surface area contributed by atoms with Gasteiger partial charge in [-0.15, -0.1) is 0 Å². The van der Waals surface area contributed by atoms with Crippen LogP contribution >= 0.6 is 0 Å². The van der Waals surface area contributed by atoms with E-state index in [1.54, 1.807) is 0 Å². The molecule has 1 aliphatic rings. The summed E-state index contributed by atoms with van der Waals surface area (Å²) in [6, 6.07) is 0. The summed E-state index contributed by atoms with van der Waals surface area (Å²) in [5.41, 5.74) is 4.75. The first-order valence-electron chi connectivity index (χ1n) is 5.61. The number of rotatable bonds is 3. The van der Waals surface area contributed by atoms with Crippen molar-refractivity contribution in [2.75, 3.05) is 0 Å². The molecule has 0 amide bonds. The maximum atomic E-state index is 12.6. The summed E-state index contributed by atoms with van der Waals surface area (Å²) in [4.78, 5) is 4.37. The predicted octanol–water partition coefficient (Wildman–Crippen LogP) is 1.74. The molecule has 90 valence electrons. The van der Waals surface area contributed by atoms with E-state index < -0.39 is 12.0 Å². The van der Waals surface area contributed by atoms with Gasteiger partial charge in [-0.1, -0.05) is 0 Å². The van der Waals surface area contributed by atoms with Gasteiger partial charge in [0.25, 0.3) is 6.43 Å². The fourth-order valence-electron chi connectivity index (χ4n) is 2.02. The Morgan fingerprint density at radius 2 is 2.31 bits per heavy atom. The van der Waals surface area contributed by atoms with Gasteiger partial charge in [0.15, 0.2) is 0 Å². The molecule has 1 aliphatic heterocycles. The highest BCUT2D eigenvalue weighted by Gasteiger charge is 2.31. The molecule has 1 aromatic heterocycles. The van der Waals surface area contributed by atoms with Gasteiger partial charge in [-0.25, -0.2) is 13.8 Å². The molecule has 1 unspecified atom stereocenters. The van der Waals surface area contributed by atoms with E-state index >= 15 is 0 Å². The number of hydrogen-bond donors (Lipinski definition) is 1. The summed E-state index contributed by atoms with van der Waals surface area (Å²) in [7, 11) is 0. The van der Waals surface area contributed by atoms with Gasteiger partial charge in [0.1, 0.15) is 5.82 Å². The second-order valence-electron chi connectivity index (χ2n) is 4.78. The zero-order chi connectivity index (χ0) is 11.8. The molecule has 0 aromatic carbocycles. The van der Waals surface area contributed by atoms with Crippen molar-refractivity contribution in [3.8, 4) is 0 Å². The number of aromatic nitrogens is 2. The Kier molecular flexibility index (Phi) is 2.97. The molecular weight excluding hydrogens is 212 g/mol. The second-order valence-corrected chi connectivity index (χ2v) is 4.78.